The number of halogens is 1. The summed E-state index contributed by atoms with van der Waals surface area (Å²) in [5, 5.41) is 0.672. The molecule has 1 aromatic heterocycles. The summed E-state index contributed by atoms with van der Waals surface area (Å²) in [6, 6.07) is 0. The van der Waals surface area contributed by atoms with Gasteiger partial charge in [0.25, 0.3) is 0 Å². The Kier molecular flexibility index (Phi) is 5.73. The summed E-state index contributed by atoms with van der Waals surface area (Å²) < 4.78 is 17.2. The van der Waals surface area contributed by atoms with Crippen LogP contribution in [0.2, 0.25) is 0 Å². The van der Waals surface area contributed by atoms with Crippen molar-refractivity contribution in [3.05, 3.63) is 29.6 Å². The summed E-state index contributed by atoms with van der Waals surface area (Å²) in [6.45, 7) is 8.88. The molecule has 1 fully saturated rings. The summed E-state index contributed by atoms with van der Waals surface area (Å²) in [5.41, 5.74) is 1.84. The number of nitrogens with one attached hydrogen (secondary N) is 1. The maximum absolute atomic E-state index is 6.30. The predicted molar refractivity (Wildman–Crippen MR) is 90.0 cm³/mol. The minimum Gasteiger partial charge on any atom is -0.491 e. The fourth-order valence-electron chi connectivity index (χ4n) is 2.43. The largest absolute Gasteiger partial charge is 0.491 e. The van der Waals surface area contributed by atoms with Crippen LogP contribution >= 0.6 is 11.6 Å². The van der Waals surface area contributed by atoms with E-state index >= 15 is 0 Å². The van der Waals surface area contributed by atoms with E-state index in [-0.39, 0.29) is 6.10 Å². The predicted octanol–water partition coefficient (Wildman–Crippen LogP) is 4.57. The summed E-state index contributed by atoms with van der Waals surface area (Å²) in [5.74, 6) is 0.270. The highest BCUT2D eigenvalue weighted by Gasteiger charge is 2.32. The van der Waals surface area contributed by atoms with E-state index in [1.807, 2.05) is 52.1 Å². The van der Waals surface area contributed by atoms with Crippen LogP contribution in [0.5, 0.6) is 5.75 Å². The summed E-state index contributed by atoms with van der Waals surface area (Å²) in [4.78, 5) is 3.19. The van der Waals surface area contributed by atoms with E-state index in [2.05, 4.69) is 4.98 Å². The van der Waals surface area contributed by atoms with E-state index in [1.54, 1.807) is 0 Å². The highest BCUT2D eigenvalue weighted by atomic mass is 35.5. The zero-order valence-corrected chi connectivity index (χ0v) is 14.4. The molecule has 0 radical (unpaired) electrons. The van der Waals surface area contributed by atoms with Crippen molar-refractivity contribution in [1.29, 1.82) is 0 Å². The fraction of sp³-hybridized carbons (Fsp3) is 0.529. The van der Waals surface area contributed by atoms with Crippen LogP contribution in [-0.2, 0) is 9.47 Å². The van der Waals surface area contributed by atoms with E-state index in [1.165, 1.54) is 0 Å². The van der Waals surface area contributed by atoms with E-state index in [9.17, 15) is 0 Å². The van der Waals surface area contributed by atoms with Gasteiger partial charge in [0, 0.05) is 17.6 Å². The molecule has 0 aromatic carbocycles. The second-order valence-electron chi connectivity index (χ2n) is 5.67. The SMILES string of the molecule is C/C=C\c1[nH]cc(OCCC2COC(C)(C)O2)c1/C(Cl)=C/C. The van der Waals surface area contributed by atoms with Crippen LogP contribution in [0.15, 0.2) is 18.3 Å². The van der Waals surface area contributed by atoms with Crippen molar-refractivity contribution in [3.63, 3.8) is 0 Å². The second kappa shape index (κ2) is 7.36. The standard InChI is InChI=1S/C17H24ClNO3/c1-5-7-14-16(13(18)6-2)15(10-19-14)20-9-8-12-11-21-17(3,4)22-12/h5-7,10,12,19H,8-9,11H2,1-4H3/b7-5-,13-6-. The molecule has 2 rings (SSSR count). The topological polar surface area (TPSA) is 43.5 Å². The Morgan fingerprint density at radius 3 is 2.86 bits per heavy atom. The maximum atomic E-state index is 6.30. The second-order valence-corrected chi connectivity index (χ2v) is 6.07. The number of H-pyrrole nitrogens is 1. The van der Waals surface area contributed by atoms with E-state index in [0.717, 1.165) is 23.4 Å². The third kappa shape index (κ3) is 4.15. The van der Waals surface area contributed by atoms with E-state index in [0.29, 0.717) is 18.2 Å². The van der Waals surface area contributed by atoms with Crippen molar-refractivity contribution in [2.45, 2.75) is 46.0 Å². The summed E-state index contributed by atoms with van der Waals surface area (Å²) in [6.07, 6.45) is 8.49. The average molecular weight is 326 g/mol. The van der Waals surface area contributed by atoms with Gasteiger partial charge in [-0.15, -0.1) is 0 Å². The molecule has 0 spiro atoms. The third-order valence-electron chi connectivity index (χ3n) is 3.46. The number of hydrogen-bond acceptors (Lipinski definition) is 3. The van der Waals surface area contributed by atoms with Gasteiger partial charge in [0.2, 0.25) is 0 Å². The first-order chi connectivity index (χ1) is 10.5. The van der Waals surface area contributed by atoms with Crippen molar-refractivity contribution in [1.82, 2.24) is 4.98 Å². The molecule has 0 amide bonds. The first-order valence-corrected chi connectivity index (χ1v) is 7.95. The van der Waals surface area contributed by atoms with E-state index in [4.69, 9.17) is 25.8 Å². The molecule has 1 aromatic rings. The van der Waals surface area contributed by atoms with Crippen LogP contribution in [0, 0.1) is 0 Å². The third-order valence-corrected chi connectivity index (χ3v) is 3.87. The highest BCUT2D eigenvalue weighted by molar-refractivity contribution is 6.49. The Labute approximate surface area is 137 Å². The molecule has 1 saturated heterocycles. The van der Waals surface area contributed by atoms with Crippen molar-refractivity contribution >= 4 is 22.7 Å². The first kappa shape index (κ1) is 17.1. The number of hydrogen-bond donors (Lipinski definition) is 1. The van der Waals surface area contributed by atoms with Gasteiger partial charge in [0.1, 0.15) is 5.75 Å². The molecule has 5 heteroatoms. The molecule has 2 heterocycles. The molecular weight excluding hydrogens is 302 g/mol. The van der Waals surface area contributed by atoms with Crippen LogP contribution < -0.4 is 4.74 Å². The van der Waals surface area contributed by atoms with Crippen LogP contribution in [0.1, 0.15) is 45.4 Å². The molecule has 0 aliphatic carbocycles. The maximum Gasteiger partial charge on any atom is 0.163 e. The minimum atomic E-state index is -0.489. The molecule has 4 nitrogen and oxygen atoms in total. The molecule has 22 heavy (non-hydrogen) atoms. The number of aromatic amines is 1. The van der Waals surface area contributed by atoms with Gasteiger partial charge in [-0.1, -0.05) is 23.8 Å². The van der Waals surface area contributed by atoms with Crippen LogP contribution in [0.25, 0.3) is 11.1 Å². The van der Waals surface area contributed by atoms with Gasteiger partial charge in [-0.3, -0.25) is 0 Å². The fourth-order valence-corrected chi connectivity index (χ4v) is 2.62. The monoisotopic (exact) mass is 325 g/mol. The lowest BCUT2D eigenvalue weighted by molar-refractivity contribution is -0.139. The minimum absolute atomic E-state index is 0.0737. The van der Waals surface area contributed by atoms with Gasteiger partial charge in [0.05, 0.1) is 30.6 Å². The summed E-state index contributed by atoms with van der Waals surface area (Å²) >= 11 is 6.30. The zero-order valence-electron chi connectivity index (χ0n) is 13.6. The molecule has 1 unspecified atom stereocenters. The average Bonchev–Trinajstić information content (AvgIpc) is 3.02. The van der Waals surface area contributed by atoms with Gasteiger partial charge < -0.3 is 19.2 Å². The normalized spacial score (nSPS) is 21.7. The van der Waals surface area contributed by atoms with Crippen LogP contribution in [0.3, 0.4) is 0 Å². The Balaban J connectivity index is 1.98. The van der Waals surface area contributed by atoms with Crippen LogP contribution in [-0.4, -0.2) is 30.1 Å². The van der Waals surface area contributed by atoms with Gasteiger partial charge in [-0.2, -0.15) is 0 Å². The van der Waals surface area contributed by atoms with Crippen molar-refractivity contribution < 1.29 is 14.2 Å². The molecular formula is C17H24ClNO3. The molecule has 0 bridgehead atoms. The molecule has 122 valence electrons. The van der Waals surface area contributed by atoms with Gasteiger partial charge in [-0.05, 0) is 33.8 Å². The van der Waals surface area contributed by atoms with Gasteiger partial charge in [0.15, 0.2) is 5.79 Å². The Bertz CT molecular complexity index is 560. The summed E-state index contributed by atoms with van der Waals surface area (Å²) in [7, 11) is 0. The van der Waals surface area contributed by atoms with Crippen molar-refractivity contribution in [2.75, 3.05) is 13.2 Å². The van der Waals surface area contributed by atoms with Gasteiger partial charge in [-0.25, -0.2) is 0 Å². The lowest BCUT2D eigenvalue weighted by Gasteiger charge is -2.17. The lowest BCUT2D eigenvalue weighted by Crippen LogP contribution is -2.22. The molecule has 1 atom stereocenters. The number of allylic oxidation sites excluding steroid dienone is 2. The molecule has 1 aliphatic rings. The van der Waals surface area contributed by atoms with E-state index < -0.39 is 5.79 Å². The quantitative estimate of drug-likeness (QED) is 0.833. The molecule has 1 aliphatic heterocycles. The molecule has 0 saturated carbocycles. The lowest BCUT2D eigenvalue weighted by atomic mass is 10.2. The Morgan fingerprint density at radius 2 is 2.27 bits per heavy atom. The Morgan fingerprint density at radius 1 is 1.50 bits per heavy atom. The number of aromatic nitrogens is 1. The van der Waals surface area contributed by atoms with Crippen molar-refractivity contribution in [3.8, 4) is 5.75 Å². The smallest absolute Gasteiger partial charge is 0.163 e. The zero-order chi connectivity index (χ0) is 16.2. The number of ether oxygens (including phenoxy) is 3. The van der Waals surface area contributed by atoms with Crippen LogP contribution in [0.4, 0.5) is 0 Å². The van der Waals surface area contributed by atoms with Crippen molar-refractivity contribution in [2.24, 2.45) is 0 Å². The Hall–Kier alpha value is -1.23. The highest BCUT2D eigenvalue weighted by Crippen LogP contribution is 2.33. The molecule has 1 N–H and O–H groups in total. The first-order valence-electron chi connectivity index (χ1n) is 7.57. The number of rotatable bonds is 6. The van der Waals surface area contributed by atoms with Gasteiger partial charge >= 0.3 is 0 Å².